The smallest absolute Gasteiger partial charge is 0.417 e. The summed E-state index contributed by atoms with van der Waals surface area (Å²) < 4.78 is 10.9. The number of hydrogen-bond acceptors (Lipinski definition) is 5. The third-order valence-corrected chi connectivity index (χ3v) is 4.68. The second-order valence-corrected chi connectivity index (χ2v) is 9.55. The first-order chi connectivity index (χ1) is 13.4. The van der Waals surface area contributed by atoms with Crippen molar-refractivity contribution in [1.82, 2.24) is 10.2 Å². The highest BCUT2D eigenvalue weighted by molar-refractivity contribution is 9.09. The van der Waals surface area contributed by atoms with Crippen LogP contribution >= 0.6 is 15.9 Å². The van der Waals surface area contributed by atoms with Crippen LogP contribution in [0.1, 0.15) is 59.6 Å². The number of benzene rings is 1. The van der Waals surface area contributed by atoms with Crippen molar-refractivity contribution in [3.8, 4) is 0 Å². The van der Waals surface area contributed by atoms with Crippen molar-refractivity contribution in [2.24, 2.45) is 4.99 Å². The molecule has 0 aliphatic carbocycles. The molecule has 1 aromatic rings. The van der Waals surface area contributed by atoms with Crippen molar-refractivity contribution < 1.29 is 19.1 Å². The van der Waals surface area contributed by atoms with E-state index in [0.717, 1.165) is 5.56 Å². The Bertz CT molecular complexity index is 753. The van der Waals surface area contributed by atoms with Gasteiger partial charge in [-0.3, -0.25) is 5.32 Å². The number of carbonyl (C=O) groups excluding carboxylic acids is 2. The van der Waals surface area contributed by atoms with E-state index in [4.69, 9.17) is 9.47 Å². The fourth-order valence-corrected chi connectivity index (χ4v) is 3.40. The van der Waals surface area contributed by atoms with Gasteiger partial charge in [-0.15, -0.1) is 0 Å². The molecule has 0 unspecified atom stereocenters. The van der Waals surface area contributed by atoms with Crippen LogP contribution in [0, 0.1) is 0 Å². The highest BCUT2D eigenvalue weighted by atomic mass is 79.9. The minimum Gasteiger partial charge on any atom is -0.444 e. The van der Waals surface area contributed by atoms with E-state index in [1.54, 1.807) is 41.5 Å². The van der Waals surface area contributed by atoms with Crippen LogP contribution in [0.3, 0.4) is 0 Å². The maximum Gasteiger partial charge on any atom is 0.417 e. The molecule has 0 saturated carbocycles. The van der Waals surface area contributed by atoms with Gasteiger partial charge in [0.25, 0.3) is 0 Å². The SMILES string of the molecule is CC(C)(C)OC(=O)NC1=N[C@H](c2ccccc2)C[C@H](CBr)N1C(=O)OC(C)(C)C. The van der Waals surface area contributed by atoms with Gasteiger partial charge in [0.2, 0.25) is 5.96 Å². The van der Waals surface area contributed by atoms with Crippen molar-refractivity contribution in [1.29, 1.82) is 0 Å². The van der Waals surface area contributed by atoms with Gasteiger partial charge in [-0.25, -0.2) is 19.5 Å². The van der Waals surface area contributed by atoms with Gasteiger partial charge in [-0.1, -0.05) is 46.3 Å². The summed E-state index contributed by atoms with van der Waals surface area (Å²) in [6, 6.07) is 9.32. The Kier molecular flexibility index (Phi) is 7.32. The molecule has 1 aromatic carbocycles. The summed E-state index contributed by atoms with van der Waals surface area (Å²) in [6.45, 7) is 10.7. The van der Waals surface area contributed by atoms with Crippen molar-refractivity contribution in [3.63, 3.8) is 0 Å². The summed E-state index contributed by atoms with van der Waals surface area (Å²) in [7, 11) is 0. The third-order valence-electron chi connectivity index (χ3n) is 3.93. The maximum atomic E-state index is 12.9. The van der Waals surface area contributed by atoms with Gasteiger partial charge in [0.15, 0.2) is 0 Å². The fourth-order valence-electron chi connectivity index (χ4n) is 2.85. The van der Waals surface area contributed by atoms with Crippen LogP contribution < -0.4 is 5.32 Å². The van der Waals surface area contributed by atoms with Crippen LogP contribution in [0.4, 0.5) is 9.59 Å². The maximum absolute atomic E-state index is 12.9. The predicted molar refractivity (Wildman–Crippen MR) is 116 cm³/mol. The molecule has 8 heteroatoms. The van der Waals surface area contributed by atoms with Crippen molar-refractivity contribution in [2.75, 3.05) is 5.33 Å². The lowest BCUT2D eigenvalue weighted by Gasteiger charge is -2.38. The molecule has 2 atom stereocenters. The summed E-state index contributed by atoms with van der Waals surface area (Å²) in [4.78, 5) is 31.4. The number of alkyl carbamates (subject to hydrolysis) is 1. The van der Waals surface area contributed by atoms with Crippen molar-refractivity contribution >= 4 is 34.1 Å². The Labute approximate surface area is 181 Å². The Morgan fingerprint density at radius 1 is 1.10 bits per heavy atom. The predicted octanol–water partition coefficient (Wildman–Crippen LogP) is 5.01. The molecule has 160 valence electrons. The Morgan fingerprint density at radius 2 is 1.69 bits per heavy atom. The topological polar surface area (TPSA) is 80.2 Å². The Balaban J connectivity index is 2.39. The van der Waals surface area contributed by atoms with E-state index >= 15 is 0 Å². The largest absolute Gasteiger partial charge is 0.444 e. The van der Waals surface area contributed by atoms with Gasteiger partial charge in [-0.2, -0.15) is 0 Å². The molecule has 0 spiro atoms. The number of alkyl halides is 1. The number of aliphatic imine (C=N–C) groups is 1. The molecule has 0 aromatic heterocycles. The van der Waals surface area contributed by atoms with Crippen LogP contribution in [0.15, 0.2) is 35.3 Å². The van der Waals surface area contributed by atoms with Crippen molar-refractivity contribution in [3.05, 3.63) is 35.9 Å². The minimum atomic E-state index is -0.679. The number of amides is 2. The first-order valence-electron chi connectivity index (χ1n) is 9.60. The lowest BCUT2D eigenvalue weighted by molar-refractivity contribution is 0.0290. The van der Waals surface area contributed by atoms with Gasteiger partial charge < -0.3 is 9.47 Å². The minimum absolute atomic E-state index is 0.123. The summed E-state index contributed by atoms with van der Waals surface area (Å²) in [5, 5.41) is 3.15. The third kappa shape index (κ3) is 7.03. The molecule has 7 nitrogen and oxygen atoms in total. The number of carbonyl (C=O) groups is 2. The molecule has 1 aliphatic rings. The highest BCUT2D eigenvalue weighted by Gasteiger charge is 2.38. The number of hydrogen-bond donors (Lipinski definition) is 1. The number of rotatable bonds is 2. The van der Waals surface area contributed by atoms with Crippen LogP contribution in [0.5, 0.6) is 0 Å². The lowest BCUT2D eigenvalue weighted by atomic mass is 9.98. The fraction of sp³-hybridized carbons (Fsp3) is 0.571. The summed E-state index contributed by atoms with van der Waals surface area (Å²) in [6.07, 6.45) is -0.649. The van der Waals surface area contributed by atoms with E-state index in [1.807, 2.05) is 30.3 Å². The lowest BCUT2D eigenvalue weighted by Crippen LogP contribution is -2.56. The monoisotopic (exact) mass is 467 g/mol. The zero-order valence-electron chi connectivity index (χ0n) is 17.9. The summed E-state index contributed by atoms with van der Waals surface area (Å²) in [5.74, 6) is 0.123. The average Bonchev–Trinajstić information content (AvgIpc) is 2.58. The van der Waals surface area contributed by atoms with Crippen molar-refractivity contribution in [2.45, 2.75) is 71.2 Å². The molecule has 0 saturated heterocycles. The molecular weight excluding hydrogens is 438 g/mol. The molecule has 0 bridgehead atoms. The molecule has 1 heterocycles. The summed E-state index contributed by atoms with van der Waals surface area (Å²) in [5.41, 5.74) is -0.351. The number of nitrogens with one attached hydrogen (secondary N) is 1. The van der Waals surface area contributed by atoms with E-state index in [2.05, 4.69) is 26.2 Å². The van der Waals surface area contributed by atoms with Gasteiger partial charge in [0.05, 0.1) is 12.1 Å². The number of guanidine groups is 1. The zero-order valence-corrected chi connectivity index (χ0v) is 19.4. The van der Waals surface area contributed by atoms with Crippen LogP contribution in [-0.2, 0) is 9.47 Å². The van der Waals surface area contributed by atoms with Gasteiger partial charge in [0, 0.05) is 5.33 Å². The van der Waals surface area contributed by atoms with E-state index in [0.29, 0.717) is 11.8 Å². The molecule has 29 heavy (non-hydrogen) atoms. The Hall–Kier alpha value is -2.09. The van der Waals surface area contributed by atoms with Gasteiger partial charge >= 0.3 is 12.2 Å². The second-order valence-electron chi connectivity index (χ2n) is 8.90. The molecule has 2 rings (SSSR count). The van der Waals surface area contributed by atoms with E-state index in [1.165, 1.54) is 4.90 Å². The molecule has 1 aliphatic heterocycles. The van der Waals surface area contributed by atoms with E-state index in [9.17, 15) is 9.59 Å². The quantitative estimate of drug-likeness (QED) is 0.619. The second kappa shape index (κ2) is 9.15. The molecular formula is C21H30BrN3O4. The first kappa shape index (κ1) is 23.2. The molecule has 0 fully saturated rings. The molecule has 2 amide bonds. The summed E-state index contributed by atoms with van der Waals surface area (Å²) >= 11 is 3.49. The van der Waals surface area contributed by atoms with Crippen LogP contribution in [-0.4, -0.2) is 45.6 Å². The van der Waals surface area contributed by atoms with Gasteiger partial charge in [0.1, 0.15) is 11.2 Å². The van der Waals surface area contributed by atoms with E-state index in [-0.39, 0.29) is 18.0 Å². The zero-order chi connectivity index (χ0) is 21.8. The average molecular weight is 468 g/mol. The van der Waals surface area contributed by atoms with Crippen LogP contribution in [0.25, 0.3) is 0 Å². The van der Waals surface area contributed by atoms with Crippen LogP contribution in [0.2, 0.25) is 0 Å². The number of nitrogens with zero attached hydrogens (tertiary/aromatic N) is 2. The molecule has 1 N–H and O–H groups in total. The molecule has 0 radical (unpaired) electrons. The van der Waals surface area contributed by atoms with Gasteiger partial charge in [-0.05, 0) is 53.5 Å². The number of halogens is 1. The standard InChI is InChI=1S/C21H30BrN3O4/c1-20(2,3)28-18(26)24-17-23-16(14-10-8-7-9-11-14)12-15(13-22)25(17)19(27)29-21(4,5)6/h7-11,15-16H,12-13H2,1-6H3,(H,23,24,26)/t15-,16+/m1/s1. The highest BCUT2D eigenvalue weighted by Crippen LogP contribution is 2.31. The first-order valence-corrected chi connectivity index (χ1v) is 10.7. The number of ether oxygens (including phenoxy) is 2. The normalized spacial score (nSPS) is 20.0. The van der Waals surface area contributed by atoms with E-state index < -0.39 is 23.4 Å². The Morgan fingerprint density at radius 3 is 2.21 bits per heavy atom.